The molecule has 6 nitrogen and oxygen atoms in total. The summed E-state index contributed by atoms with van der Waals surface area (Å²) in [5, 5.41) is 7.68. The summed E-state index contributed by atoms with van der Waals surface area (Å²) in [5.74, 6) is -0.749. The van der Waals surface area contributed by atoms with E-state index in [-0.39, 0.29) is 29.6 Å². The first-order valence-corrected chi connectivity index (χ1v) is 7.20. The number of nitrogens with one attached hydrogen (secondary N) is 2. The fourth-order valence-corrected chi connectivity index (χ4v) is 2.48. The summed E-state index contributed by atoms with van der Waals surface area (Å²) >= 11 is 0. The Morgan fingerprint density at radius 1 is 1.43 bits per heavy atom. The van der Waals surface area contributed by atoms with Crippen molar-refractivity contribution in [3.63, 3.8) is 0 Å². The fraction of sp³-hybridized carbons (Fsp3) is 0.643. The molecule has 0 spiro atoms. The van der Waals surface area contributed by atoms with Crippen molar-refractivity contribution >= 4 is 11.8 Å². The molecule has 1 unspecified atom stereocenters. The van der Waals surface area contributed by atoms with E-state index in [2.05, 4.69) is 10.4 Å². The maximum atomic E-state index is 12.4. The van der Waals surface area contributed by atoms with Crippen molar-refractivity contribution < 1.29 is 22.8 Å². The number of hydrogen-bond acceptors (Lipinski definition) is 3. The van der Waals surface area contributed by atoms with Gasteiger partial charge < -0.3 is 10.2 Å². The van der Waals surface area contributed by atoms with Gasteiger partial charge in [0.1, 0.15) is 5.69 Å². The van der Waals surface area contributed by atoms with Crippen LogP contribution in [0, 0.1) is 5.92 Å². The predicted molar refractivity (Wildman–Crippen MR) is 75.5 cm³/mol. The second kappa shape index (κ2) is 5.86. The van der Waals surface area contributed by atoms with E-state index in [4.69, 9.17) is 0 Å². The summed E-state index contributed by atoms with van der Waals surface area (Å²) in [6.07, 6.45) is -4.26. The van der Waals surface area contributed by atoms with Crippen LogP contribution >= 0.6 is 0 Å². The van der Waals surface area contributed by atoms with Gasteiger partial charge >= 0.3 is 6.18 Å². The molecule has 2 amide bonds. The minimum absolute atomic E-state index is 0.0101. The number of carbonyl (C=O) groups is 2. The lowest BCUT2D eigenvalue weighted by Gasteiger charge is -2.32. The normalized spacial score (nSPS) is 19.3. The van der Waals surface area contributed by atoms with Gasteiger partial charge in [-0.1, -0.05) is 0 Å². The molecule has 0 radical (unpaired) electrons. The molecule has 1 saturated heterocycles. The van der Waals surface area contributed by atoms with Crippen molar-refractivity contribution in [2.45, 2.75) is 38.9 Å². The Kier molecular flexibility index (Phi) is 4.41. The molecule has 0 aromatic carbocycles. The van der Waals surface area contributed by atoms with Crippen molar-refractivity contribution in [2.75, 3.05) is 13.1 Å². The number of alkyl halides is 3. The first-order valence-electron chi connectivity index (χ1n) is 7.20. The second-order valence-corrected chi connectivity index (χ2v) is 6.62. The van der Waals surface area contributed by atoms with Crippen LogP contribution in [0.3, 0.4) is 0 Å². The largest absolute Gasteiger partial charge is 0.432 e. The Balaban J connectivity index is 1.91. The Labute approximate surface area is 131 Å². The summed E-state index contributed by atoms with van der Waals surface area (Å²) in [6, 6.07) is 0.663. The van der Waals surface area contributed by atoms with E-state index in [1.54, 1.807) is 10.00 Å². The van der Waals surface area contributed by atoms with Crippen molar-refractivity contribution in [1.29, 1.82) is 0 Å². The molecule has 1 aromatic rings. The Bertz CT molecular complexity index is 604. The van der Waals surface area contributed by atoms with Crippen LogP contribution in [-0.2, 0) is 11.0 Å². The van der Waals surface area contributed by atoms with Crippen LogP contribution in [0.25, 0.3) is 0 Å². The van der Waals surface area contributed by atoms with Gasteiger partial charge in [0.15, 0.2) is 5.69 Å². The number of hydrogen-bond donors (Lipinski definition) is 2. The van der Waals surface area contributed by atoms with E-state index in [1.807, 2.05) is 20.8 Å². The molecule has 0 saturated carbocycles. The second-order valence-electron chi connectivity index (χ2n) is 6.62. The minimum atomic E-state index is -4.57. The highest BCUT2D eigenvalue weighted by Gasteiger charge is 2.37. The molecule has 2 rings (SSSR count). The molecule has 1 aliphatic heterocycles. The van der Waals surface area contributed by atoms with E-state index in [9.17, 15) is 22.8 Å². The third-order valence-corrected chi connectivity index (χ3v) is 3.68. The van der Waals surface area contributed by atoms with Gasteiger partial charge in [0, 0.05) is 37.0 Å². The number of halogens is 3. The molecule has 1 fully saturated rings. The summed E-state index contributed by atoms with van der Waals surface area (Å²) in [6.45, 7) is 6.50. The van der Waals surface area contributed by atoms with Gasteiger partial charge in [-0.25, -0.2) is 0 Å². The van der Waals surface area contributed by atoms with Crippen LogP contribution in [0.15, 0.2) is 6.07 Å². The van der Waals surface area contributed by atoms with Crippen molar-refractivity contribution in [3.8, 4) is 0 Å². The first kappa shape index (κ1) is 17.3. The first-order chi connectivity index (χ1) is 10.5. The van der Waals surface area contributed by atoms with Gasteiger partial charge in [-0.05, 0) is 20.8 Å². The number of amides is 2. The maximum absolute atomic E-state index is 12.4. The van der Waals surface area contributed by atoms with E-state index in [0.29, 0.717) is 19.0 Å². The smallest absolute Gasteiger partial charge is 0.350 e. The molecule has 1 atom stereocenters. The number of aromatic amines is 1. The van der Waals surface area contributed by atoms with Crippen LogP contribution in [-0.4, -0.2) is 45.5 Å². The summed E-state index contributed by atoms with van der Waals surface area (Å²) < 4.78 is 37.3. The Hall–Kier alpha value is -2.06. The molecule has 1 aromatic heterocycles. The average molecular weight is 332 g/mol. The number of H-pyrrole nitrogens is 1. The molecule has 128 valence electrons. The highest BCUT2D eigenvalue weighted by molar-refractivity contribution is 5.92. The number of nitrogens with zero attached hydrogens (tertiary/aromatic N) is 2. The molecule has 2 heterocycles. The van der Waals surface area contributed by atoms with Gasteiger partial charge in [-0.3, -0.25) is 14.7 Å². The lowest BCUT2D eigenvalue weighted by molar-refractivity contribution is -0.141. The quantitative estimate of drug-likeness (QED) is 0.886. The van der Waals surface area contributed by atoms with Gasteiger partial charge in [0.2, 0.25) is 5.91 Å². The SMILES string of the molecule is CC(C)(C)N1CC(CNC(=O)c2cc(C(F)(F)F)[nH]n2)CC1=O. The fourth-order valence-electron chi connectivity index (χ4n) is 2.48. The standard InChI is InChI=1S/C14H19F3N4O2/c1-13(2,3)21-7-8(4-11(21)22)6-18-12(23)9-5-10(20-19-9)14(15,16)17/h5,8H,4,6-7H2,1-3H3,(H,18,23)(H,19,20). The Morgan fingerprint density at radius 3 is 2.57 bits per heavy atom. The molecule has 23 heavy (non-hydrogen) atoms. The van der Waals surface area contributed by atoms with Gasteiger partial charge in [-0.15, -0.1) is 0 Å². The molecular weight excluding hydrogens is 313 g/mol. The van der Waals surface area contributed by atoms with Crippen molar-refractivity contribution in [1.82, 2.24) is 20.4 Å². The molecule has 9 heteroatoms. The third kappa shape index (κ3) is 4.02. The van der Waals surface area contributed by atoms with E-state index < -0.39 is 17.8 Å². The zero-order valence-electron chi connectivity index (χ0n) is 13.1. The third-order valence-electron chi connectivity index (χ3n) is 3.68. The van der Waals surface area contributed by atoms with E-state index in [1.165, 1.54) is 0 Å². The molecule has 2 N–H and O–H groups in total. The number of likely N-dealkylation sites (tertiary alicyclic amines) is 1. The molecular formula is C14H19F3N4O2. The van der Waals surface area contributed by atoms with Crippen LogP contribution in [0.2, 0.25) is 0 Å². The lowest BCUT2D eigenvalue weighted by atomic mass is 10.1. The predicted octanol–water partition coefficient (Wildman–Crippen LogP) is 1.81. The zero-order chi connectivity index (χ0) is 17.4. The number of rotatable bonds is 3. The molecule has 0 bridgehead atoms. The maximum Gasteiger partial charge on any atom is 0.432 e. The van der Waals surface area contributed by atoms with Crippen molar-refractivity contribution in [2.24, 2.45) is 5.92 Å². The van der Waals surface area contributed by atoms with Gasteiger partial charge in [0.05, 0.1) is 0 Å². The summed E-state index contributed by atoms with van der Waals surface area (Å²) in [7, 11) is 0. The Morgan fingerprint density at radius 2 is 2.09 bits per heavy atom. The van der Waals surface area contributed by atoms with E-state index >= 15 is 0 Å². The minimum Gasteiger partial charge on any atom is -0.350 e. The summed E-state index contributed by atoms with van der Waals surface area (Å²) in [5.41, 5.74) is -1.69. The zero-order valence-corrected chi connectivity index (χ0v) is 13.1. The van der Waals surface area contributed by atoms with Crippen LogP contribution in [0.5, 0.6) is 0 Å². The van der Waals surface area contributed by atoms with E-state index in [0.717, 1.165) is 0 Å². The molecule has 1 aliphatic rings. The van der Waals surface area contributed by atoms with Gasteiger partial charge in [-0.2, -0.15) is 18.3 Å². The van der Waals surface area contributed by atoms with Gasteiger partial charge in [0.25, 0.3) is 5.91 Å². The van der Waals surface area contributed by atoms with Crippen LogP contribution in [0.1, 0.15) is 43.4 Å². The highest BCUT2D eigenvalue weighted by Crippen LogP contribution is 2.28. The van der Waals surface area contributed by atoms with Crippen LogP contribution in [0.4, 0.5) is 13.2 Å². The lowest BCUT2D eigenvalue weighted by Crippen LogP contribution is -2.42. The number of aromatic nitrogens is 2. The number of carbonyl (C=O) groups excluding carboxylic acids is 2. The molecule has 0 aliphatic carbocycles. The monoisotopic (exact) mass is 332 g/mol. The average Bonchev–Trinajstić information content (AvgIpc) is 3.01. The summed E-state index contributed by atoms with van der Waals surface area (Å²) in [4.78, 5) is 25.5. The van der Waals surface area contributed by atoms with Crippen LogP contribution < -0.4 is 5.32 Å². The van der Waals surface area contributed by atoms with Crippen molar-refractivity contribution in [3.05, 3.63) is 17.5 Å². The topological polar surface area (TPSA) is 78.1 Å². The highest BCUT2D eigenvalue weighted by atomic mass is 19.4.